The Morgan fingerprint density at radius 3 is 2.88 bits per heavy atom. The summed E-state index contributed by atoms with van der Waals surface area (Å²) in [4.78, 5) is 8.14. The molecule has 1 N–H and O–H groups in total. The van der Waals surface area contributed by atoms with E-state index in [1.54, 1.807) is 0 Å². The molecule has 0 aliphatic carbocycles. The van der Waals surface area contributed by atoms with Crippen LogP contribution in [0.5, 0.6) is 0 Å². The molecule has 0 bridgehead atoms. The molecule has 0 aliphatic heterocycles. The fourth-order valence-corrected chi connectivity index (χ4v) is 1.65. The predicted octanol–water partition coefficient (Wildman–Crippen LogP) is 2.53. The maximum absolute atomic E-state index is 5.98. The van der Waals surface area contributed by atoms with Gasteiger partial charge in [-0.1, -0.05) is 18.5 Å². The molecule has 16 heavy (non-hydrogen) atoms. The van der Waals surface area contributed by atoms with Crippen LogP contribution in [0.4, 0.5) is 5.82 Å². The number of hydrogen-bond acceptors (Lipinski definition) is 4. The summed E-state index contributed by atoms with van der Waals surface area (Å²) in [6.45, 7) is 6.40. The fraction of sp³-hybridized carbons (Fsp3) is 0.636. The van der Waals surface area contributed by atoms with Gasteiger partial charge in [-0.2, -0.15) is 0 Å². The summed E-state index contributed by atoms with van der Waals surface area (Å²) < 4.78 is 5.25. The first kappa shape index (κ1) is 13.2. The molecule has 0 unspecified atom stereocenters. The van der Waals surface area contributed by atoms with E-state index in [2.05, 4.69) is 15.3 Å². The largest absolute Gasteiger partial charge is 0.382 e. The smallest absolute Gasteiger partial charge is 0.137 e. The summed E-state index contributed by atoms with van der Waals surface area (Å²) in [5.41, 5.74) is 0.973. The first-order valence-electron chi connectivity index (χ1n) is 5.60. The van der Waals surface area contributed by atoms with Crippen LogP contribution in [0.25, 0.3) is 0 Å². The Hall–Kier alpha value is -0.870. The Morgan fingerprint density at radius 1 is 1.38 bits per heavy atom. The molecule has 1 aromatic rings. The molecule has 0 radical (unpaired) electrons. The second kappa shape index (κ2) is 7.41. The summed E-state index contributed by atoms with van der Waals surface area (Å²) in [5, 5.41) is 3.78. The Bertz CT molecular complexity index is 320. The zero-order valence-corrected chi connectivity index (χ0v) is 10.5. The van der Waals surface area contributed by atoms with Gasteiger partial charge in [-0.25, -0.2) is 9.97 Å². The van der Waals surface area contributed by atoms with Gasteiger partial charge in [0.25, 0.3) is 0 Å². The average molecular weight is 244 g/mol. The monoisotopic (exact) mass is 243 g/mol. The summed E-state index contributed by atoms with van der Waals surface area (Å²) in [5.74, 6) is 0.832. The van der Waals surface area contributed by atoms with Crippen LogP contribution < -0.4 is 5.32 Å². The predicted molar refractivity (Wildman–Crippen MR) is 66.0 cm³/mol. The van der Waals surface area contributed by atoms with Crippen molar-refractivity contribution in [1.82, 2.24) is 9.97 Å². The van der Waals surface area contributed by atoms with Crippen molar-refractivity contribution >= 4 is 17.4 Å². The molecule has 90 valence electrons. The van der Waals surface area contributed by atoms with Crippen LogP contribution >= 0.6 is 11.6 Å². The molecule has 0 spiro atoms. The lowest BCUT2D eigenvalue weighted by Gasteiger charge is -2.10. The van der Waals surface area contributed by atoms with E-state index in [4.69, 9.17) is 16.3 Å². The number of nitrogens with one attached hydrogen (secondary N) is 1. The molecule has 0 saturated carbocycles. The second-order valence-electron chi connectivity index (χ2n) is 3.32. The molecule has 1 rings (SSSR count). The molecule has 4 nitrogen and oxygen atoms in total. The number of ether oxygens (including phenoxy) is 1. The average Bonchev–Trinajstić information content (AvgIpc) is 2.29. The first-order valence-corrected chi connectivity index (χ1v) is 5.98. The van der Waals surface area contributed by atoms with Crippen LogP contribution in [0.3, 0.4) is 0 Å². The summed E-state index contributed by atoms with van der Waals surface area (Å²) in [6, 6.07) is 0. The van der Waals surface area contributed by atoms with Crippen molar-refractivity contribution in [3.8, 4) is 0 Å². The van der Waals surface area contributed by atoms with E-state index >= 15 is 0 Å². The zero-order valence-electron chi connectivity index (χ0n) is 9.79. The third-order valence-corrected chi connectivity index (χ3v) is 2.53. The quantitative estimate of drug-likeness (QED) is 0.591. The third-order valence-electron chi connectivity index (χ3n) is 2.21. The number of rotatable bonds is 7. The Balaban J connectivity index is 2.44. The number of aromatic nitrogens is 2. The van der Waals surface area contributed by atoms with Gasteiger partial charge in [0.05, 0.1) is 0 Å². The van der Waals surface area contributed by atoms with Crippen molar-refractivity contribution in [3.05, 3.63) is 17.0 Å². The van der Waals surface area contributed by atoms with E-state index in [0.717, 1.165) is 44.0 Å². The van der Waals surface area contributed by atoms with Crippen LogP contribution in [0.15, 0.2) is 6.33 Å². The van der Waals surface area contributed by atoms with Crippen LogP contribution in [-0.2, 0) is 11.2 Å². The first-order chi connectivity index (χ1) is 7.79. The van der Waals surface area contributed by atoms with Crippen molar-refractivity contribution < 1.29 is 4.74 Å². The zero-order chi connectivity index (χ0) is 11.8. The lowest BCUT2D eigenvalue weighted by molar-refractivity contribution is 0.147. The van der Waals surface area contributed by atoms with Gasteiger partial charge in [0.15, 0.2) is 0 Å². The highest BCUT2D eigenvalue weighted by molar-refractivity contribution is 6.30. The molecular weight excluding hydrogens is 226 g/mol. The van der Waals surface area contributed by atoms with Crippen molar-refractivity contribution in [3.63, 3.8) is 0 Å². The molecule has 0 aromatic carbocycles. The number of hydrogen-bond donors (Lipinski definition) is 1. The van der Waals surface area contributed by atoms with Gasteiger partial charge >= 0.3 is 0 Å². The lowest BCUT2D eigenvalue weighted by atomic mass is 10.2. The minimum atomic E-state index is 0.532. The van der Waals surface area contributed by atoms with E-state index in [0.29, 0.717) is 5.15 Å². The molecule has 5 heteroatoms. The Labute approximate surface area is 101 Å². The molecule has 0 amide bonds. The number of anilines is 1. The topological polar surface area (TPSA) is 47.0 Å². The number of halogens is 1. The lowest BCUT2D eigenvalue weighted by Crippen LogP contribution is -2.09. The highest BCUT2D eigenvalue weighted by Gasteiger charge is 2.06. The van der Waals surface area contributed by atoms with Crippen molar-refractivity contribution in [2.24, 2.45) is 0 Å². The van der Waals surface area contributed by atoms with E-state index in [9.17, 15) is 0 Å². The van der Waals surface area contributed by atoms with Crippen molar-refractivity contribution in [2.45, 2.75) is 26.7 Å². The molecule has 0 aliphatic rings. The molecular formula is C11H18ClN3O. The van der Waals surface area contributed by atoms with Gasteiger partial charge in [-0.15, -0.1) is 0 Å². The summed E-state index contributed by atoms with van der Waals surface area (Å²) in [6.07, 6.45) is 3.26. The molecule has 0 atom stereocenters. The molecule has 1 aromatic heterocycles. The van der Waals surface area contributed by atoms with Crippen molar-refractivity contribution in [2.75, 3.05) is 25.1 Å². The fourth-order valence-electron chi connectivity index (χ4n) is 1.38. The Kier molecular flexibility index (Phi) is 6.11. The van der Waals surface area contributed by atoms with Crippen LogP contribution in [-0.4, -0.2) is 29.7 Å². The van der Waals surface area contributed by atoms with Gasteiger partial charge in [0.1, 0.15) is 17.3 Å². The maximum atomic E-state index is 5.98. The minimum Gasteiger partial charge on any atom is -0.382 e. The normalized spacial score (nSPS) is 10.4. The van der Waals surface area contributed by atoms with Crippen LogP contribution in [0.1, 0.15) is 25.8 Å². The van der Waals surface area contributed by atoms with Gasteiger partial charge in [-0.05, 0) is 19.8 Å². The van der Waals surface area contributed by atoms with Crippen molar-refractivity contribution in [1.29, 1.82) is 0 Å². The standard InChI is InChI=1S/C11H18ClN3O/c1-3-9-10(12)14-8-15-11(9)13-6-5-7-16-4-2/h8H,3-7H2,1-2H3,(H,13,14,15). The summed E-state index contributed by atoms with van der Waals surface area (Å²) in [7, 11) is 0. The van der Waals surface area contributed by atoms with Crippen LogP contribution in [0, 0.1) is 0 Å². The molecule has 1 heterocycles. The van der Waals surface area contributed by atoms with E-state index in [-0.39, 0.29) is 0 Å². The van der Waals surface area contributed by atoms with Gasteiger partial charge < -0.3 is 10.1 Å². The van der Waals surface area contributed by atoms with E-state index in [1.165, 1.54) is 6.33 Å². The van der Waals surface area contributed by atoms with Crippen LogP contribution in [0.2, 0.25) is 5.15 Å². The van der Waals surface area contributed by atoms with Gasteiger partial charge in [-0.3, -0.25) is 0 Å². The molecule has 0 saturated heterocycles. The summed E-state index contributed by atoms with van der Waals surface area (Å²) >= 11 is 5.98. The van der Waals surface area contributed by atoms with E-state index < -0.39 is 0 Å². The Morgan fingerprint density at radius 2 is 2.19 bits per heavy atom. The minimum absolute atomic E-state index is 0.532. The molecule has 0 fully saturated rings. The van der Waals surface area contributed by atoms with Gasteiger partial charge in [0.2, 0.25) is 0 Å². The third kappa shape index (κ3) is 3.94. The maximum Gasteiger partial charge on any atom is 0.137 e. The van der Waals surface area contributed by atoms with E-state index in [1.807, 2.05) is 13.8 Å². The second-order valence-corrected chi connectivity index (χ2v) is 3.68. The highest BCUT2D eigenvalue weighted by Crippen LogP contribution is 2.19. The highest BCUT2D eigenvalue weighted by atomic mass is 35.5. The number of nitrogens with zero attached hydrogens (tertiary/aromatic N) is 2. The van der Waals surface area contributed by atoms with Gasteiger partial charge in [0, 0.05) is 25.3 Å². The SMILES string of the molecule is CCOCCCNc1ncnc(Cl)c1CC.